The summed E-state index contributed by atoms with van der Waals surface area (Å²) in [5.41, 5.74) is 3.97. The lowest BCUT2D eigenvalue weighted by Gasteiger charge is -2.22. The molecular weight excluding hydrogens is 216 g/mol. The van der Waals surface area contributed by atoms with Crippen molar-refractivity contribution in [1.82, 2.24) is 5.43 Å². The average molecular weight is 236 g/mol. The Hall–Kier alpha value is -1.10. The number of nitrogens with one attached hydrogen (secondary N) is 1. The Labute approximate surface area is 102 Å². The summed E-state index contributed by atoms with van der Waals surface area (Å²) in [7, 11) is 0. The Balaban J connectivity index is 2.14. The van der Waals surface area contributed by atoms with Crippen LogP contribution in [0.1, 0.15) is 31.4 Å². The van der Waals surface area contributed by atoms with Gasteiger partial charge >= 0.3 is 0 Å². The molecule has 1 heterocycles. The fourth-order valence-electron chi connectivity index (χ4n) is 2.25. The van der Waals surface area contributed by atoms with Crippen molar-refractivity contribution in [3.8, 4) is 5.75 Å². The van der Waals surface area contributed by atoms with Crippen LogP contribution in [0.5, 0.6) is 5.75 Å². The minimum absolute atomic E-state index is 0.0397. The van der Waals surface area contributed by atoms with E-state index >= 15 is 0 Å². The van der Waals surface area contributed by atoms with Crippen LogP contribution in [0, 0.1) is 0 Å². The molecule has 1 aromatic rings. The molecule has 0 radical (unpaired) electrons. The molecule has 0 bridgehead atoms. The molecule has 0 amide bonds. The topological polar surface area (TPSA) is 56.5 Å². The Morgan fingerprint density at radius 2 is 2.47 bits per heavy atom. The van der Waals surface area contributed by atoms with E-state index in [-0.39, 0.29) is 12.1 Å². The summed E-state index contributed by atoms with van der Waals surface area (Å²) < 4.78 is 11.2. The first kappa shape index (κ1) is 12.4. The highest BCUT2D eigenvalue weighted by Gasteiger charge is 2.26. The van der Waals surface area contributed by atoms with Gasteiger partial charge in [0, 0.05) is 6.61 Å². The average Bonchev–Trinajstić information content (AvgIpc) is 2.85. The fourth-order valence-corrected chi connectivity index (χ4v) is 2.25. The smallest absolute Gasteiger partial charge is 0.119 e. The summed E-state index contributed by atoms with van der Waals surface area (Å²) in [5, 5.41) is 0. The number of ether oxygens (including phenoxy) is 2. The second-order valence-electron chi connectivity index (χ2n) is 4.20. The van der Waals surface area contributed by atoms with Gasteiger partial charge in [0.2, 0.25) is 0 Å². The first-order valence-corrected chi connectivity index (χ1v) is 6.15. The highest BCUT2D eigenvalue weighted by molar-refractivity contribution is 5.31. The largest absolute Gasteiger partial charge is 0.494 e. The molecular formula is C13H20N2O2. The number of nitrogens with two attached hydrogens (primary N) is 1. The van der Waals surface area contributed by atoms with Crippen molar-refractivity contribution >= 4 is 0 Å². The molecule has 0 aliphatic carbocycles. The van der Waals surface area contributed by atoms with Crippen molar-refractivity contribution < 1.29 is 9.47 Å². The van der Waals surface area contributed by atoms with Gasteiger partial charge in [0.1, 0.15) is 5.75 Å². The Morgan fingerprint density at radius 3 is 3.12 bits per heavy atom. The van der Waals surface area contributed by atoms with Gasteiger partial charge in [0.25, 0.3) is 0 Å². The van der Waals surface area contributed by atoms with E-state index in [2.05, 4.69) is 11.5 Å². The first-order chi connectivity index (χ1) is 8.35. The van der Waals surface area contributed by atoms with Crippen LogP contribution in [-0.4, -0.2) is 19.3 Å². The van der Waals surface area contributed by atoms with Gasteiger partial charge in [-0.1, -0.05) is 12.1 Å². The molecule has 2 rings (SSSR count). The van der Waals surface area contributed by atoms with E-state index in [0.717, 1.165) is 30.8 Å². The predicted molar refractivity (Wildman–Crippen MR) is 66.6 cm³/mol. The maximum Gasteiger partial charge on any atom is 0.119 e. The highest BCUT2D eigenvalue weighted by Crippen LogP contribution is 2.28. The predicted octanol–water partition coefficient (Wildman–Crippen LogP) is 1.77. The van der Waals surface area contributed by atoms with Gasteiger partial charge in [-0.25, -0.2) is 0 Å². The van der Waals surface area contributed by atoms with Crippen molar-refractivity contribution in [2.75, 3.05) is 13.2 Å². The molecule has 94 valence electrons. The number of hydrogen-bond acceptors (Lipinski definition) is 4. The van der Waals surface area contributed by atoms with E-state index in [4.69, 9.17) is 15.3 Å². The molecule has 1 aromatic carbocycles. The number of benzene rings is 1. The van der Waals surface area contributed by atoms with Crippen molar-refractivity contribution in [1.29, 1.82) is 0 Å². The summed E-state index contributed by atoms with van der Waals surface area (Å²) in [4.78, 5) is 0. The SMILES string of the molecule is CCOc1cccc(C(NN)C2CCCO2)c1. The minimum Gasteiger partial charge on any atom is -0.494 e. The summed E-state index contributed by atoms with van der Waals surface area (Å²) in [6.07, 6.45) is 2.32. The third kappa shape index (κ3) is 2.97. The molecule has 3 N–H and O–H groups in total. The first-order valence-electron chi connectivity index (χ1n) is 6.15. The van der Waals surface area contributed by atoms with Crippen LogP contribution in [0.25, 0.3) is 0 Å². The molecule has 0 aromatic heterocycles. The molecule has 4 heteroatoms. The van der Waals surface area contributed by atoms with Crippen LogP contribution in [0.3, 0.4) is 0 Å². The van der Waals surface area contributed by atoms with Crippen molar-refractivity contribution in [2.45, 2.75) is 31.9 Å². The summed E-state index contributed by atoms with van der Waals surface area (Å²) in [6, 6.07) is 8.05. The highest BCUT2D eigenvalue weighted by atomic mass is 16.5. The van der Waals surface area contributed by atoms with Crippen LogP contribution >= 0.6 is 0 Å². The maximum atomic E-state index is 5.68. The standard InChI is InChI=1S/C13H20N2O2/c1-2-16-11-6-3-5-10(9-11)13(15-14)12-7-4-8-17-12/h3,5-6,9,12-13,15H,2,4,7-8,14H2,1H3. The van der Waals surface area contributed by atoms with Crippen LogP contribution in [-0.2, 0) is 4.74 Å². The molecule has 1 saturated heterocycles. The Bertz CT molecular complexity index is 351. The normalized spacial score (nSPS) is 21.4. The van der Waals surface area contributed by atoms with E-state index in [9.17, 15) is 0 Å². The monoisotopic (exact) mass is 236 g/mol. The lowest BCUT2D eigenvalue weighted by molar-refractivity contribution is 0.0783. The third-order valence-corrected chi connectivity index (χ3v) is 3.04. The lowest BCUT2D eigenvalue weighted by Crippen LogP contribution is -2.36. The van der Waals surface area contributed by atoms with Gasteiger partial charge in [0.15, 0.2) is 0 Å². The second kappa shape index (κ2) is 6.00. The van der Waals surface area contributed by atoms with Crippen molar-refractivity contribution in [2.24, 2.45) is 5.84 Å². The van der Waals surface area contributed by atoms with Gasteiger partial charge < -0.3 is 9.47 Å². The van der Waals surface area contributed by atoms with Gasteiger partial charge in [-0.3, -0.25) is 11.3 Å². The van der Waals surface area contributed by atoms with E-state index in [1.54, 1.807) is 0 Å². The zero-order chi connectivity index (χ0) is 12.1. The lowest BCUT2D eigenvalue weighted by atomic mass is 10.00. The Morgan fingerprint density at radius 1 is 1.59 bits per heavy atom. The van der Waals surface area contributed by atoms with Crippen molar-refractivity contribution in [3.63, 3.8) is 0 Å². The van der Waals surface area contributed by atoms with Crippen LogP contribution in [0.15, 0.2) is 24.3 Å². The minimum atomic E-state index is 0.0397. The molecule has 4 nitrogen and oxygen atoms in total. The molecule has 1 fully saturated rings. The summed E-state index contributed by atoms with van der Waals surface area (Å²) in [6.45, 7) is 3.48. The third-order valence-electron chi connectivity index (χ3n) is 3.04. The number of hydrazine groups is 1. The number of rotatable bonds is 5. The van der Waals surface area contributed by atoms with Gasteiger partial charge in [0.05, 0.1) is 18.8 Å². The fraction of sp³-hybridized carbons (Fsp3) is 0.538. The maximum absolute atomic E-state index is 5.68. The zero-order valence-corrected chi connectivity index (χ0v) is 10.2. The van der Waals surface area contributed by atoms with Crippen LogP contribution in [0.2, 0.25) is 0 Å². The van der Waals surface area contributed by atoms with Crippen LogP contribution < -0.4 is 16.0 Å². The molecule has 17 heavy (non-hydrogen) atoms. The molecule has 0 saturated carbocycles. The van der Waals surface area contributed by atoms with Crippen LogP contribution in [0.4, 0.5) is 0 Å². The quantitative estimate of drug-likeness (QED) is 0.604. The summed E-state index contributed by atoms with van der Waals surface area (Å²) in [5.74, 6) is 6.52. The summed E-state index contributed by atoms with van der Waals surface area (Å²) >= 11 is 0. The second-order valence-corrected chi connectivity index (χ2v) is 4.20. The van der Waals surface area contributed by atoms with E-state index in [1.807, 2.05) is 25.1 Å². The van der Waals surface area contributed by atoms with E-state index in [1.165, 1.54) is 0 Å². The molecule has 1 aliphatic heterocycles. The molecule has 2 atom stereocenters. The molecule has 1 aliphatic rings. The zero-order valence-electron chi connectivity index (χ0n) is 10.2. The van der Waals surface area contributed by atoms with E-state index in [0.29, 0.717) is 6.61 Å². The van der Waals surface area contributed by atoms with Gasteiger partial charge in [-0.05, 0) is 37.5 Å². The molecule has 2 unspecified atom stereocenters. The molecule has 0 spiro atoms. The Kier molecular flexibility index (Phi) is 4.36. The van der Waals surface area contributed by atoms with Gasteiger partial charge in [-0.15, -0.1) is 0 Å². The van der Waals surface area contributed by atoms with E-state index < -0.39 is 0 Å². The number of hydrogen-bond donors (Lipinski definition) is 2. The van der Waals surface area contributed by atoms with Crippen molar-refractivity contribution in [3.05, 3.63) is 29.8 Å². The van der Waals surface area contributed by atoms with Gasteiger partial charge in [-0.2, -0.15) is 0 Å².